The van der Waals surface area contributed by atoms with Crippen molar-refractivity contribution in [2.45, 2.75) is 39.9 Å². The van der Waals surface area contributed by atoms with Crippen LogP contribution in [0.2, 0.25) is 0 Å². The first-order valence-electron chi connectivity index (χ1n) is 7.76. The van der Waals surface area contributed by atoms with Gasteiger partial charge in [0.1, 0.15) is 17.1 Å². The topological polar surface area (TPSA) is 85.9 Å². The SMILES string of the molecule is COC[C@@H](C)N1Cc2c(n(CC(C)=O)c3cc(C)nn3c2=O)C1=O. The van der Waals surface area contributed by atoms with Gasteiger partial charge in [-0.3, -0.25) is 14.4 Å². The molecule has 2 aromatic rings. The number of aromatic nitrogens is 3. The second kappa shape index (κ2) is 5.86. The van der Waals surface area contributed by atoms with Gasteiger partial charge in [-0.1, -0.05) is 0 Å². The molecule has 8 heteroatoms. The standard InChI is InChI=1S/C16H20N4O4/c1-9-5-13-19(6-11(3)21)14-12(15(22)20(13)17-9)7-18(16(14)23)10(2)8-24-4/h5,10H,6-8H2,1-4H3/t10-/m1/s1. The Hall–Kier alpha value is -2.48. The predicted molar refractivity (Wildman–Crippen MR) is 86.1 cm³/mol. The van der Waals surface area contributed by atoms with Crippen molar-refractivity contribution >= 4 is 17.3 Å². The number of aryl methyl sites for hydroxylation is 1. The average molecular weight is 332 g/mol. The number of ketones is 1. The molecule has 0 fully saturated rings. The average Bonchev–Trinajstić information content (AvgIpc) is 3.05. The van der Waals surface area contributed by atoms with Crippen molar-refractivity contribution < 1.29 is 14.3 Å². The number of rotatable bonds is 5. The van der Waals surface area contributed by atoms with E-state index in [0.717, 1.165) is 0 Å². The van der Waals surface area contributed by atoms with Crippen molar-refractivity contribution in [1.82, 2.24) is 19.1 Å². The summed E-state index contributed by atoms with van der Waals surface area (Å²) in [6.45, 7) is 5.68. The maximum absolute atomic E-state index is 12.9. The lowest BCUT2D eigenvalue weighted by Crippen LogP contribution is -2.37. The highest BCUT2D eigenvalue weighted by molar-refractivity contribution is 5.98. The van der Waals surface area contributed by atoms with E-state index >= 15 is 0 Å². The zero-order valence-electron chi connectivity index (χ0n) is 14.2. The van der Waals surface area contributed by atoms with Gasteiger partial charge in [-0.15, -0.1) is 0 Å². The van der Waals surface area contributed by atoms with Gasteiger partial charge < -0.3 is 14.2 Å². The van der Waals surface area contributed by atoms with E-state index in [2.05, 4.69) is 5.10 Å². The lowest BCUT2D eigenvalue weighted by atomic mass is 10.2. The Morgan fingerprint density at radius 3 is 2.75 bits per heavy atom. The summed E-state index contributed by atoms with van der Waals surface area (Å²) in [4.78, 5) is 38.9. The Bertz CT molecular complexity index is 896. The summed E-state index contributed by atoms with van der Waals surface area (Å²) in [6.07, 6.45) is 0. The summed E-state index contributed by atoms with van der Waals surface area (Å²) in [6, 6.07) is 1.54. The van der Waals surface area contributed by atoms with E-state index in [-0.39, 0.29) is 42.1 Å². The Kier molecular flexibility index (Phi) is 4.00. The molecular weight excluding hydrogens is 312 g/mol. The smallest absolute Gasteiger partial charge is 0.280 e. The molecule has 1 aliphatic heterocycles. The maximum Gasteiger partial charge on any atom is 0.280 e. The molecule has 1 amide bonds. The molecule has 3 rings (SSSR count). The van der Waals surface area contributed by atoms with Crippen LogP contribution >= 0.6 is 0 Å². The molecule has 3 heterocycles. The number of Topliss-reactive ketones (excluding diaryl/α,β-unsaturated/α-hetero) is 1. The molecule has 0 radical (unpaired) electrons. The lowest BCUT2D eigenvalue weighted by Gasteiger charge is -2.23. The lowest BCUT2D eigenvalue weighted by molar-refractivity contribution is -0.117. The summed E-state index contributed by atoms with van der Waals surface area (Å²) in [5.41, 5.74) is 1.46. The highest BCUT2D eigenvalue weighted by atomic mass is 16.5. The predicted octanol–water partition coefficient (Wildman–Crippen LogP) is 0.384. The fraction of sp³-hybridized carbons (Fsp3) is 0.500. The summed E-state index contributed by atoms with van der Waals surface area (Å²) in [5, 5.41) is 4.21. The van der Waals surface area contributed by atoms with E-state index in [4.69, 9.17) is 4.74 Å². The third-order valence-electron chi connectivity index (χ3n) is 4.21. The molecule has 0 unspecified atom stereocenters. The first-order valence-corrected chi connectivity index (χ1v) is 7.76. The number of fused-ring (bicyclic) bond motifs is 2. The number of hydrogen-bond donors (Lipinski definition) is 0. The van der Waals surface area contributed by atoms with Gasteiger partial charge in [0.2, 0.25) is 0 Å². The summed E-state index contributed by atoms with van der Waals surface area (Å²) in [5.74, 6) is -0.355. The Morgan fingerprint density at radius 2 is 2.12 bits per heavy atom. The van der Waals surface area contributed by atoms with Crippen LogP contribution in [0.3, 0.4) is 0 Å². The minimum Gasteiger partial charge on any atom is -0.383 e. The number of carbonyl (C=O) groups excluding carboxylic acids is 2. The number of methoxy groups -OCH3 is 1. The first kappa shape index (κ1) is 16.4. The van der Waals surface area contributed by atoms with Gasteiger partial charge in [-0.05, 0) is 20.8 Å². The minimum absolute atomic E-state index is 0.0233. The zero-order valence-corrected chi connectivity index (χ0v) is 14.2. The number of nitrogens with zero attached hydrogens (tertiary/aromatic N) is 4. The molecule has 0 N–H and O–H groups in total. The fourth-order valence-corrected chi connectivity index (χ4v) is 3.17. The van der Waals surface area contributed by atoms with Gasteiger partial charge in [0.25, 0.3) is 11.5 Å². The van der Waals surface area contributed by atoms with Gasteiger partial charge in [0, 0.05) is 13.2 Å². The monoisotopic (exact) mass is 332 g/mol. The molecule has 8 nitrogen and oxygen atoms in total. The molecule has 128 valence electrons. The van der Waals surface area contributed by atoms with Crippen LogP contribution in [0.1, 0.15) is 35.6 Å². The van der Waals surface area contributed by atoms with Crippen LogP contribution in [0.5, 0.6) is 0 Å². The van der Waals surface area contributed by atoms with Crippen LogP contribution in [0.4, 0.5) is 0 Å². The van der Waals surface area contributed by atoms with Crippen LogP contribution < -0.4 is 5.56 Å². The minimum atomic E-state index is -0.312. The van der Waals surface area contributed by atoms with Crippen LogP contribution in [0.15, 0.2) is 10.9 Å². The Balaban J connectivity index is 2.23. The van der Waals surface area contributed by atoms with Crippen molar-refractivity contribution in [3.05, 3.63) is 33.4 Å². The fourth-order valence-electron chi connectivity index (χ4n) is 3.17. The highest BCUT2D eigenvalue weighted by Crippen LogP contribution is 2.24. The summed E-state index contributed by atoms with van der Waals surface area (Å²) in [7, 11) is 1.57. The van der Waals surface area contributed by atoms with Crippen molar-refractivity contribution in [3.8, 4) is 0 Å². The van der Waals surface area contributed by atoms with Crippen molar-refractivity contribution in [3.63, 3.8) is 0 Å². The van der Waals surface area contributed by atoms with E-state index < -0.39 is 0 Å². The molecule has 1 aliphatic rings. The van der Waals surface area contributed by atoms with Crippen LogP contribution in [-0.4, -0.2) is 50.5 Å². The molecule has 24 heavy (non-hydrogen) atoms. The largest absolute Gasteiger partial charge is 0.383 e. The number of amides is 1. The van der Waals surface area contributed by atoms with Crippen molar-refractivity contribution in [2.24, 2.45) is 0 Å². The van der Waals surface area contributed by atoms with E-state index in [1.807, 2.05) is 6.92 Å². The second-order valence-corrected chi connectivity index (χ2v) is 6.21. The van der Waals surface area contributed by atoms with E-state index in [1.165, 1.54) is 11.4 Å². The molecule has 0 bridgehead atoms. The molecule has 0 aromatic carbocycles. The van der Waals surface area contributed by atoms with Crippen LogP contribution in [0, 0.1) is 6.92 Å². The molecule has 0 saturated carbocycles. The van der Waals surface area contributed by atoms with Gasteiger partial charge >= 0.3 is 0 Å². The van der Waals surface area contributed by atoms with E-state index in [0.29, 0.717) is 23.5 Å². The van der Waals surface area contributed by atoms with Gasteiger partial charge in [0.05, 0.1) is 37.0 Å². The third-order valence-corrected chi connectivity index (χ3v) is 4.21. The van der Waals surface area contributed by atoms with Gasteiger partial charge in [0.15, 0.2) is 0 Å². The van der Waals surface area contributed by atoms with Crippen LogP contribution in [-0.2, 0) is 22.6 Å². The normalized spacial score (nSPS) is 15.2. The summed E-state index contributed by atoms with van der Waals surface area (Å²) < 4.78 is 7.99. The molecular formula is C16H20N4O4. The zero-order chi connectivity index (χ0) is 17.6. The highest BCUT2D eigenvalue weighted by Gasteiger charge is 2.37. The molecule has 0 spiro atoms. The Labute approximate surface area is 138 Å². The maximum atomic E-state index is 12.9. The van der Waals surface area contributed by atoms with Gasteiger partial charge in [-0.2, -0.15) is 9.61 Å². The van der Waals surface area contributed by atoms with E-state index in [9.17, 15) is 14.4 Å². The molecule has 1 atom stereocenters. The molecule has 0 aliphatic carbocycles. The molecule has 2 aromatic heterocycles. The van der Waals surface area contributed by atoms with Gasteiger partial charge in [-0.25, -0.2) is 0 Å². The summed E-state index contributed by atoms with van der Waals surface area (Å²) >= 11 is 0. The van der Waals surface area contributed by atoms with Crippen LogP contribution in [0.25, 0.3) is 5.65 Å². The third kappa shape index (κ3) is 2.43. The quantitative estimate of drug-likeness (QED) is 0.790. The number of hydrogen-bond acceptors (Lipinski definition) is 5. The van der Waals surface area contributed by atoms with Crippen molar-refractivity contribution in [1.29, 1.82) is 0 Å². The van der Waals surface area contributed by atoms with E-state index in [1.54, 1.807) is 29.6 Å². The Morgan fingerprint density at radius 1 is 1.42 bits per heavy atom. The number of ether oxygens (including phenoxy) is 1. The number of carbonyl (C=O) groups is 2. The first-order chi connectivity index (χ1) is 11.3. The van der Waals surface area contributed by atoms with Crippen molar-refractivity contribution in [2.75, 3.05) is 13.7 Å². The molecule has 0 saturated heterocycles. The second-order valence-electron chi connectivity index (χ2n) is 6.21.